The molecule has 1 saturated carbocycles. The van der Waals surface area contributed by atoms with E-state index in [1.165, 1.54) is 0 Å². The molecule has 4 nitrogen and oxygen atoms in total. The summed E-state index contributed by atoms with van der Waals surface area (Å²) in [7, 11) is 0. The van der Waals surface area contributed by atoms with E-state index >= 15 is 0 Å². The fourth-order valence-corrected chi connectivity index (χ4v) is 4.93. The quantitative estimate of drug-likeness (QED) is 0.832. The molecule has 0 bridgehead atoms. The Morgan fingerprint density at radius 2 is 1.96 bits per heavy atom. The van der Waals surface area contributed by atoms with E-state index in [2.05, 4.69) is 4.90 Å². The van der Waals surface area contributed by atoms with Gasteiger partial charge in [-0.25, -0.2) is 0 Å². The number of hydrogen-bond donors (Lipinski definition) is 1. The molecule has 0 radical (unpaired) electrons. The van der Waals surface area contributed by atoms with Crippen LogP contribution in [0.4, 0.5) is 0 Å². The van der Waals surface area contributed by atoms with Crippen molar-refractivity contribution < 1.29 is 14.6 Å². The molecule has 0 spiro atoms. The molecule has 126 valence electrons. The van der Waals surface area contributed by atoms with Gasteiger partial charge in [-0.1, -0.05) is 29.6 Å². The summed E-state index contributed by atoms with van der Waals surface area (Å²) in [4.78, 5) is 2.34. The molecule has 0 aromatic heterocycles. The number of morpholine rings is 1. The van der Waals surface area contributed by atoms with Gasteiger partial charge in [0, 0.05) is 36.0 Å². The molecule has 0 amide bonds. The van der Waals surface area contributed by atoms with E-state index in [0.29, 0.717) is 29.0 Å². The minimum Gasteiger partial charge on any atom is -0.470 e. The Morgan fingerprint density at radius 3 is 2.74 bits per heavy atom. The third-order valence-corrected chi connectivity index (χ3v) is 5.94. The Kier molecular flexibility index (Phi) is 4.23. The van der Waals surface area contributed by atoms with Gasteiger partial charge in [0.1, 0.15) is 5.75 Å². The van der Waals surface area contributed by atoms with Crippen LogP contribution >= 0.6 is 23.2 Å². The number of benzene rings is 1. The SMILES string of the molecule is OC1c2cc(Cl)cc(Cl)c2OC2(N3CCOCC3)CCCCC12. The summed E-state index contributed by atoms with van der Waals surface area (Å²) in [5, 5.41) is 12.1. The van der Waals surface area contributed by atoms with Crippen LogP contribution in [-0.2, 0) is 4.74 Å². The number of fused-ring (bicyclic) bond motifs is 2. The van der Waals surface area contributed by atoms with Crippen molar-refractivity contribution in [1.29, 1.82) is 0 Å². The van der Waals surface area contributed by atoms with Crippen LogP contribution in [0.25, 0.3) is 0 Å². The highest BCUT2D eigenvalue weighted by atomic mass is 35.5. The molecule has 2 aliphatic heterocycles. The van der Waals surface area contributed by atoms with Crippen LogP contribution in [0, 0.1) is 5.92 Å². The van der Waals surface area contributed by atoms with Gasteiger partial charge < -0.3 is 14.6 Å². The van der Waals surface area contributed by atoms with Gasteiger partial charge in [0.05, 0.1) is 24.3 Å². The van der Waals surface area contributed by atoms with Crippen molar-refractivity contribution in [2.75, 3.05) is 26.3 Å². The van der Waals surface area contributed by atoms with E-state index in [4.69, 9.17) is 32.7 Å². The van der Waals surface area contributed by atoms with Crippen molar-refractivity contribution in [3.8, 4) is 5.75 Å². The molecule has 2 heterocycles. The molecule has 23 heavy (non-hydrogen) atoms. The second kappa shape index (κ2) is 6.08. The molecule has 1 aliphatic carbocycles. The highest BCUT2D eigenvalue weighted by molar-refractivity contribution is 6.35. The molecule has 1 N–H and O–H groups in total. The van der Waals surface area contributed by atoms with E-state index in [0.717, 1.165) is 44.3 Å². The van der Waals surface area contributed by atoms with Crippen molar-refractivity contribution in [2.24, 2.45) is 5.92 Å². The molecule has 3 aliphatic rings. The van der Waals surface area contributed by atoms with E-state index in [1.807, 2.05) is 0 Å². The first-order chi connectivity index (χ1) is 11.1. The number of hydrogen-bond acceptors (Lipinski definition) is 4. The van der Waals surface area contributed by atoms with Gasteiger partial charge in [0.2, 0.25) is 0 Å². The fraction of sp³-hybridized carbons (Fsp3) is 0.647. The van der Waals surface area contributed by atoms with Crippen LogP contribution < -0.4 is 4.74 Å². The molecule has 2 fully saturated rings. The third-order valence-electron chi connectivity index (χ3n) is 5.44. The van der Waals surface area contributed by atoms with Gasteiger partial charge in [-0.05, 0) is 25.0 Å². The molecule has 1 saturated heterocycles. The lowest BCUT2D eigenvalue weighted by atomic mass is 9.73. The topological polar surface area (TPSA) is 41.9 Å². The van der Waals surface area contributed by atoms with E-state index < -0.39 is 11.8 Å². The van der Waals surface area contributed by atoms with Crippen molar-refractivity contribution in [1.82, 2.24) is 4.90 Å². The standard InChI is InChI=1S/C17H21Cl2NO3/c18-11-9-12-15(21)13-3-1-2-4-17(13,20-5-7-22-8-6-20)23-16(12)14(19)10-11/h9-10,13,15,21H,1-8H2. The summed E-state index contributed by atoms with van der Waals surface area (Å²) in [5.74, 6) is 0.629. The van der Waals surface area contributed by atoms with Gasteiger partial charge in [0.25, 0.3) is 0 Å². The minimum absolute atomic E-state index is 0.0383. The highest BCUT2D eigenvalue weighted by Gasteiger charge is 2.54. The fourth-order valence-electron chi connectivity index (χ4n) is 4.38. The van der Waals surface area contributed by atoms with Crippen LogP contribution in [0.3, 0.4) is 0 Å². The Hall–Kier alpha value is -0.520. The lowest BCUT2D eigenvalue weighted by molar-refractivity contribution is -0.206. The maximum Gasteiger partial charge on any atom is 0.169 e. The monoisotopic (exact) mass is 357 g/mol. The summed E-state index contributed by atoms with van der Waals surface area (Å²) < 4.78 is 12.0. The minimum atomic E-state index is -0.599. The van der Waals surface area contributed by atoms with Crippen LogP contribution in [0.5, 0.6) is 5.75 Å². The molecule has 1 aromatic rings. The third kappa shape index (κ3) is 2.56. The van der Waals surface area contributed by atoms with Crippen molar-refractivity contribution >= 4 is 23.2 Å². The molecular formula is C17H21Cl2NO3. The van der Waals surface area contributed by atoms with E-state index in [9.17, 15) is 5.11 Å². The number of nitrogens with zero attached hydrogens (tertiary/aromatic N) is 1. The largest absolute Gasteiger partial charge is 0.470 e. The van der Waals surface area contributed by atoms with Gasteiger partial charge in [-0.2, -0.15) is 0 Å². The smallest absolute Gasteiger partial charge is 0.169 e. The molecular weight excluding hydrogens is 337 g/mol. The van der Waals surface area contributed by atoms with Crippen LogP contribution in [0.1, 0.15) is 37.4 Å². The highest BCUT2D eigenvalue weighted by Crippen LogP contribution is 2.54. The van der Waals surface area contributed by atoms with Gasteiger partial charge in [0.15, 0.2) is 5.72 Å². The predicted octanol–water partition coefficient (Wildman–Crippen LogP) is 3.64. The Labute approximate surface area is 146 Å². The zero-order valence-corrected chi connectivity index (χ0v) is 14.4. The first-order valence-corrected chi connectivity index (χ1v) is 9.06. The summed E-state index contributed by atoms with van der Waals surface area (Å²) in [6.07, 6.45) is 3.47. The van der Waals surface area contributed by atoms with Gasteiger partial charge >= 0.3 is 0 Å². The second-order valence-corrected chi connectivity index (χ2v) is 7.49. The van der Waals surface area contributed by atoms with Crippen molar-refractivity contribution in [3.63, 3.8) is 0 Å². The number of ether oxygens (including phenoxy) is 2. The average Bonchev–Trinajstić information content (AvgIpc) is 2.57. The molecule has 4 rings (SSSR count). The van der Waals surface area contributed by atoms with Crippen LogP contribution in [0.2, 0.25) is 10.0 Å². The number of halogens is 2. The van der Waals surface area contributed by atoms with Crippen LogP contribution in [-0.4, -0.2) is 42.0 Å². The Balaban J connectivity index is 1.80. The van der Waals surface area contributed by atoms with Crippen LogP contribution in [0.15, 0.2) is 12.1 Å². The molecule has 3 atom stereocenters. The number of rotatable bonds is 1. The number of aliphatic hydroxyl groups excluding tert-OH is 1. The first-order valence-electron chi connectivity index (χ1n) is 8.31. The lowest BCUT2D eigenvalue weighted by Gasteiger charge is -2.55. The summed E-state index contributed by atoms with van der Waals surface area (Å²) in [6.45, 7) is 3.05. The molecule has 1 aromatic carbocycles. The second-order valence-electron chi connectivity index (χ2n) is 6.65. The summed E-state index contributed by atoms with van der Waals surface area (Å²) in [6, 6.07) is 3.47. The van der Waals surface area contributed by atoms with Crippen molar-refractivity contribution in [3.05, 3.63) is 27.7 Å². The maximum atomic E-state index is 11.0. The summed E-state index contributed by atoms with van der Waals surface area (Å²) >= 11 is 12.5. The van der Waals surface area contributed by atoms with Crippen molar-refractivity contribution in [2.45, 2.75) is 37.5 Å². The maximum absolute atomic E-state index is 11.0. The molecule has 6 heteroatoms. The summed E-state index contributed by atoms with van der Waals surface area (Å²) in [5.41, 5.74) is 0.240. The Morgan fingerprint density at radius 1 is 1.17 bits per heavy atom. The zero-order valence-electron chi connectivity index (χ0n) is 12.9. The van der Waals surface area contributed by atoms with Gasteiger partial charge in [-0.15, -0.1) is 0 Å². The molecule has 3 unspecified atom stereocenters. The lowest BCUT2D eigenvalue weighted by Crippen LogP contribution is -2.64. The Bertz CT molecular complexity index is 606. The van der Waals surface area contributed by atoms with E-state index in [1.54, 1.807) is 12.1 Å². The number of aliphatic hydroxyl groups is 1. The average molecular weight is 358 g/mol. The first kappa shape index (κ1) is 16.0. The van der Waals surface area contributed by atoms with E-state index in [-0.39, 0.29) is 5.92 Å². The normalized spacial score (nSPS) is 34.4. The predicted molar refractivity (Wildman–Crippen MR) is 89.1 cm³/mol. The van der Waals surface area contributed by atoms with Gasteiger partial charge in [-0.3, -0.25) is 4.90 Å². The zero-order chi connectivity index (χ0) is 16.0.